The number of nitrogens with one attached hydrogen (secondary N) is 1. The summed E-state index contributed by atoms with van der Waals surface area (Å²) < 4.78 is 3.45. The van der Waals surface area contributed by atoms with Crippen molar-refractivity contribution in [1.82, 2.24) is 19.4 Å². The molecule has 1 N–H and O–H groups in total. The van der Waals surface area contributed by atoms with Crippen molar-refractivity contribution in [3.63, 3.8) is 0 Å². The maximum absolute atomic E-state index is 13.2. The summed E-state index contributed by atoms with van der Waals surface area (Å²) in [6, 6.07) is 4.20. The lowest BCUT2D eigenvalue weighted by atomic mass is 9.95. The van der Waals surface area contributed by atoms with Crippen LogP contribution in [0, 0.1) is 0 Å². The summed E-state index contributed by atoms with van der Waals surface area (Å²) >= 11 is 0. The van der Waals surface area contributed by atoms with Crippen LogP contribution in [0.3, 0.4) is 0 Å². The maximum Gasteiger partial charge on any atom is 0.331 e. The number of pyridine rings is 1. The van der Waals surface area contributed by atoms with E-state index in [1.54, 1.807) is 10.8 Å². The monoisotopic (exact) mass is 370 g/mol. The number of aromatic nitrogens is 3. The summed E-state index contributed by atoms with van der Waals surface area (Å²) in [5.74, 6) is -0.0597. The Kier molecular flexibility index (Phi) is 5.60. The molecule has 6 heteroatoms. The van der Waals surface area contributed by atoms with E-state index in [9.17, 15) is 9.59 Å². The Morgan fingerprint density at radius 3 is 2.44 bits per heavy atom. The molecule has 0 radical (unpaired) electrons. The molecule has 0 atom stereocenters. The molecule has 4 rings (SSSR count). The number of carbonyl (C=O) groups is 1. The number of rotatable bonds is 4. The Hall–Kier alpha value is -2.11. The first-order valence-electron chi connectivity index (χ1n) is 10.6. The second-order valence-corrected chi connectivity index (χ2v) is 8.13. The van der Waals surface area contributed by atoms with Gasteiger partial charge in [0.1, 0.15) is 6.54 Å². The van der Waals surface area contributed by atoms with Crippen molar-refractivity contribution in [3.05, 3.63) is 28.8 Å². The van der Waals surface area contributed by atoms with Crippen LogP contribution in [0.2, 0.25) is 0 Å². The minimum absolute atomic E-state index is 0.0597. The smallest absolute Gasteiger partial charge is 0.331 e. The van der Waals surface area contributed by atoms with E-state index in [1.807, 2.05) is 16.7 Å². The number of amides is 1. The third-order valence-electron chi connectivity index (χ3n) is 6.18. The van der Waals surface area contributed by atoms with Crippen molar-refractivity contribution < 1.29 is 4.79 Å². The topological polar surface area (TPSA) is 68.9 Å². The highest BCUT2D eigenvalue weighted by Gasteiger charge is 2.24. The molecule has 27 heavy (non-hydrogen) atoms. The minimum atomic E-state index is -0.0911. The van der Waals surface area contributed by atoms with Crippen LogP contribution in [0.5, 0.6) is 0 Å². The SMILES string of the molecule is O=C(Cn1c(=O)n(C2CCCCC2)c2ncccc21)NC1CCCCCC1. The van der Waals surface area contributed by atoms with Crippen LogP contribution in [0.15, 0.2) is 23.1 Å². The molecule has 2 fully saturated rings. The Bertz CT molecular complexity index is 839. The molecule has 2 saturated carbocycles. The van der Waals surface area contributed by atoms with E-state index in [0.717, 1.165) is 49.7 Å². The van der Waals surface area contributed by atoms with Gasteiger partial charge in [0.2, 0.25) is 5.91 Å². The minimum Gasteiger partial charge on any atom is -0.352 e. The van der Waals surface area contributed by atoms with Gasteiger partial charge >= 0.3 is 5.69 Å². The Balaban J connectivity index is 1.58. The third kappa shape index (κ3) is 3.94. The van der Waals surface area contributed by atoms with Crippen LogP contribution < -0.4 is 11.0 Å². The predicted molar refractivity (Wildman–Crippen MR) is 106 cm³/mol. The van der Waals surface area contributed by atoms with E-state index >= 15 is 0 Å². The van der Waals surface area contributed by atoms with Crippen molar-refractivity contribution in [2.75, 3.05) is 0 Å². The van der Waals surface area contributed by atoms with Crippen LogP contribution in [0.4, 0.5) is 0 Å². The molecular formula is C21H30N4O2. The normalized spacial score (nSPS) is 19.9. The third-order valence-corrected chi connectivity index (χ3v) is 6.18. The molecule has 1 amide bonds. The van der Waals surface area contributed by atoms with Gasteiger partial charge in [-0.15, -0.1) is 0 Å². The molecule has 0 aromatic carbocycles. The predicted octanol–water partition coefficient (Wildman–Crippen LogP) is 3.54. The Morgan fingerprint density at radius 2 is 1.70 bits per heavy atom. The number of hydrogen-bond acceptors (Lipinski definition) is 3. The lowest BCUT2D eigenvalue weighted by Gasteiger charge is -2.22. The molecule has 2 aromatic heterocycles. The van der Waals surface area contributed by atoms with Gasteiger partial charge in [0, 0.05) is 18.3 Å². The summed E-state index contributed by atoms with van der Waals surface area (Å²) in [5.41, 5.74) is 1.40. The first kappa shape index (κ1) is 18.3. The van der Waals surface area contributed by atoms with Gasteiger partial charge in [-0.1, -0.05) is 44.9 Å². The van der Waals surface area contributed by atoms with Gasteiger partial charge in [-0.3, -0.25) is 13.9 Å². The first-order chi connectivity index (χ1) is 13.2. The zero-order chi connectivity index (χ0) is 18.6. The summed E-state index contributed by atoms with van der Waals surface area (Å²) in [5, 5.41) is 3.16. The van der Waals surface area contributed by atoms with Crippen LogP contribution in [0.25, 0.3) is 11.2 Å². The molecular weight excluding hydrogens is 340 g/mol. The number of nitrogens with zero attached hydrogens (tertiary/aromatic N) is 3. The maximum atomic E-state index is 13.2. The Labute approximate surface area is 160 Å². The average molecular weight is 370 g/mol. The van der Waals surface area contributed by atoms with Gasteiger partial charge in [-0.05, 0) is 37.8 Å². The van der Waals surface area contributed by atoms with Gasteiger partial charge in [-0.2, -0.15) is 0 Å². The van der Waals surface area contributed by atoms with E-state index in [2.05, 4.69) is 10.3 Å². The molecule has 0 spiro atoms. The summed E-state index contributed by atoms with van der Waals surface area (Å²) in [7, 11) is 0. The summed E-state index contributed by atoms with van der Waals surface area (Å²) in [6.45, 7) is 0.0806. The molecule has 2 aromatic rings. The molecule has 2 heterocycles. The van der Waals surface area contributed by atoms with Crippen molar-refractivity contribution in [2.24, 2.45) is 0 Å². The van der Waals surface area contributed by atoms with Crippen LogP contribution in [-0.4, -0.2) is 26.1 Å². The molecule has 2 aliphatic carbocycles. The van der Waals surface area contributed by atoms with Crippen molar-refractivity contribution >= 4 is 17.1 Å². The van der Waals surface area contributed by atoms with Crippen LogP contribution in [0.1, 0.15) is 76.7 Å². The fourth-order valence-corrected chi connectivity index (χ4v) is 4.77. The first-order valence-corrected chi connectivity index (χ1v) is 10.6. The van der Waals surface area contributed by atoms with Gasteiger partial charge < -0.3 is 5.32 Å². The second-order valence-electron chi connectivity index (χ2n) is 8.13. The quantitative estimate of drug-likeness (QED) is 0.837. The number of fused-ring (bicyclic) bond motifs is 1. The van der Waals surface area contributed by atoms with Crippen LogP contribution >= 0.6 is 0 Å². The van der Waals surface area contributed by atoms with Gasteiger partial charge in [-0.25, -0.2) is 9.78 Å². The van der Waals surface area contributed by atoms with E-state index in [4.69, 9.17) is 0 Å². The molecule has 6 nitrogen and oxygen atoms in total. The molecule has 0 saturated heterocycles. The van der Waals surface area contributed by atoms with Crippen LogP contribution in [-0.2, 0) is 11.3 Å². The average Bonchev–Trinajstić information content (AvgIpc) is 2.83. The van der Waals surface area contributed by atoms with E-state index in [-0.39, 0.29) is 30.2 Å². The fourth-order valence-electron chi connectivity index (χ4n) is 4.77. The van der Waals surface area contributed by atoms with E-state index < -0.39 is 0 Å². The summed E-state index contributed by atoms with van der Waals surface area (Å²) in [4.78, 5) is 30.3. The van der Waals surface area contributed by atoms with E-state index in [1.165, 1.54) is 32.1 Å². The van der Waals surface area contributed by atoms with Gasteiger partial charge in [0.15, 0.2) is 5.65 Å². The van der Waals surface area contributed by atoms with E-state index in [0.29, 0.717) is 0 Å². The molecule has 146 valence electrons. The highest BCUT2D eigenvalue weighted by Crippen LogP contribution is 2.29. The van der Waals surface area contributed by atoms with Crippen molar-refractivity contribution in [1.29, 1.82) is 0 Å². The van der Waals surface area contributed by atoms with Crippen molar-refractivity contribution in [2.45, 2.75) is 89.3 Å². The molecule has 0 bridgehead atoms. The second kappa shape index (κ2) is 8.28. The lowest BCUT2D eigenvalue weighted by Crippen LogP contribution is -2.39. The highest BCUT2D eigenvalue weighted by molar-refractivity contribution is 5.79. The number of imidazole rings is 1. The highest BCUT2D eigenvalue weighted by atomic mass is 16.2. The van der Waals surface area contributed by atoms with Crippen molar-refractivity contribution in [3.8, 4) is 0 Å². The van der Waals surface area contributed by atoms with Gasteiger partial charge in [0.05, 0.1) is 5.52 Å². The number of carbonyl (C=O) groups excluding carboxylic acids is 1. The molecule has 0 aliphatic heterocycles. The molecule has 2 aliphatic rings. The van der Waals surface area contributed by atoms with Gasteiger partial charge in [0.25, 0.3) is 0 Å². The Morgan fingerprint density at radius 1 is 1.04 bits per heavy atom. The zero-order valence-electron chi connectivity index (χ0n) is 16.0. The molecule has 0 unspecified atom stereocenters. The lowest BCUT2D eigenvalue weighted by molar-refractivity contribution is -0.122. The largest absolute Gasteiger partial charge is 0.352 e. The zero-order valence-corrected chi connectivity index (χ0v) is 16.0. The standard InChI is InChI=1S/C21H30N4O2/c26-19(23-16-9-4-1-2-5-10-16)15-24-18-13-8-14-22-20(18)25(21(24)27)17-11-6-3-7-12-17/h8,13-14,16-17H,1-7,9-12,15H2,(H,23,26). The fraction of sp³-hybridized carbons (Fsp3) is 0.667. The number of hydrogen-bond donors (Lipinski definition) is 1. The summed E-state index contributed by atoms with van der Waals surface area (Å²) in [6.07, 6.45) is 14.3.